The second kappa shape index (κ2) is 8.60. The molecule has 0 bridgehead atoms. The van der Waals surface area contributed by atoms with Crippen molar-refractivity contribution in [2.75, 3.05) is 25.1 Å². The highest BCUT2D eigenvalue weighted by molar-refractivity contribution is 5.92. The van der Waals surface area contributed by atoms with Crippen molar-refractivity contribution in [2.24, 2.45) is 0 Å². The highest BCUT2D eigenvalue weighted by Crippen LogP contribution is 2.23. The molecule has 24 heavy (non-hydrogen) atoms. The molecule has 5 heteroatoms. The zero-order chi connectivity index (χ0) is 16.1. The van der Waals surface area contributed by atoms with E-state index in [-0.39, 0.29) is 24.5 Å². The molecule has 0 radical (unpaired) electrons. The predicted molar refractivity (Wildman–Crippen MR) is 97.3 cm³/mol. The number of halogens is 1. The molecule has 1 atom stereocenters. The van der Waals surface area contributed by atoms with Crippen molar-refractivity contribution in [1.29, 1.82) is 0 Å². The maximum atomic E-state index is 12.4. The smallest absolute Gasteiger partial charge is 0.342 e. The number of nitrogens with zero attached hydrogens (tertiary/aromatic N) is 1. The molecular formula is C19H22ClNO3. The third kappa shape index (κ3) is 4.20. The van der Waals surface area contributed by atoms with Crippen molar-refractivity contribution in [2.45, 2.75) is 18.9 Å². The first-order valence-electron chi connectivity index (χ1n) is 7.92. The van der Waals surface area contributed by atoms with Crippen molar-refractivity contribution in [3.63, 3.8) is 0 Å². The van der Waals surface area contributed by atoms with Gasteiger partial charge in [0.2, 0.25) is 0 Å². The van der Waals surface area contributed by atoms with E-state index >= 15 is 0 Å². The zero-order valence-electron chi connectivity index (χ0n) is 13.7. The first kappa shape index (κ1) is 18.1. The van der Waals surface area contributed by atoms with Gasteiger partial charge in [0.1, 0.15) is 17.4 Å². The van der Waals surface area contributed by atoms with Gasteiger partial charge >= 0.3 is 5.97 Å². The molecule has 1 aliphatic heterocycles. The van der Waals surface area contributed by atoms with Crippen LogP contribution in [0, 0.1) is 0 Å². The first-order chi connectivity index (χ1) is 11.3. The predicted octanol–water partition coefficient (Wildman–Crippen LogP) is 3.94. The van der Waals surface area contributed by atoms with Gasteiger partial charge in [-0.25, -0.2) is 4.79 Å². The van der Waals surface area contributed by atoms with E-state index in [1.807, 2.05) is 30.3 Å². The fourth-order valence-corrected chi connectivity index (χ4v) is 2.94. The largest absolute Gasteiger partial charge is 0.496 e. The second-order valence-corrected chi connectivity index (χ2v) is 5.65. The third-order valence-corrected chi connectivity index (χ3v) is 4.10. The number of hydrogen-bond acceptors (Lipinski definition) is 4. The lowest BCUT2D eigenvalue weighted by Gasteiger charge is -2.34. The minimum absolute atomic E-state index is 0. The Morgan fingerprint density at radius 2 is 1.79 bits per heavy atom. The van der Waals surface area contributed by atoms with Gasteiger partial charge in [-0.3, -0.25) is 0 Å². The summed E-state index contributed by atoms with van der Waals surface area (Å²) >= 11 is 0. The molecule has 4 nitrogen and oxygen atoms in total. The van der Waals surface area contributed by atoms with Crippen LogP contribution in [0.1, 0.15) is 23.2 Å². The molecule has 3 rings (SSSR count). The molecule has 0 spiro atoms. The molecule has 0 saturated carbocycles. The summed E-state index contributed by atoms with van der Waals surface area (Å²) in [7, 11) is 1.56. The Morgan fingerprint density at radius 1 is 1.08 bits per heavy atom. The van der Waals surface area contributed by atoms with Gasteiger partial charge in [0.25, 0.3) is 0 Å². The van der Waals surface area contributed by atoms with Crippen LogP contribution in [0.5, 0.6) is 5.75 Å². The molecule has 1 unspecified atom stereocenters. The number of ether oxygens (including phenoxy) is 2. The number of piperidine rings is 1. The quantitative estimate of drug-likeness (QED) is 0.785. The van der Waals surface area contributed by atoms with Crippen LogP contribution in [-0.2, 0) is 4.74 Å². The number of carbonyl (C=O) groups is 1. The normalized spacial score (nSPS) is 16.9. The maximum Gasteiger partial charge on any atom is 0.342 e. The summed E-state index contributed by atoms with van der Waals surface area (Å²) < 4.78 is 10.9. The van der Waals surface area contributed by atoms with E-state index in [1.54, 1.807) is 19.2 Å². The molecule has 1 heterocycles. The molecule has 2 aromatic carbocycles. The van der Waals surface area contributed by atoms with Crippen LogP contribution in [0.4, 0.5) is 5.69 Å². The van der Waals surface area contributed by atoms with Crippen molar-refractivity contribution in [1.82, 2.24) is 0 Å². The van der Waals surface area contributed by atoms with Crippen LogP contribution in [0.3, 0.4) is 0 Å². The van der Waals surface area contributed by atoms with Gasteiger partial charge in [0, 0.05) is 12.2 Å². The van der Waals surface area contributed by atoms with E-state index in [0.29, 0.717) is 11.3 Å². The Hall–Kier alpha value is -2.20. The van der Waals surface area contributed by atoms with Crippen LogP contribution in [0.2, 0.25) is 0 Å². The van der Waals surface area contributed by atoms with Crippen molar-refractivity contribution >= 4 is 24.1 Å². The molecule has 128 valence electrons. The first-order valence-corrected chi connectivity index (χ1v) is 7.92. The van der Waals surface area contributed by atoms with E-state index in [0.717, 1.165) is 25.9 Å². The molecule has 0 N–H and O–H groups in total. The summed E-state index contributed by atoms with van der Waals surface area (Å²) in [5.41, 5.74) is 1.65. The van der Waals surface area contributed by atoms with Crippen molar-refractivity contribution in [3.8, 4) is 5.75 Å². The Balaban J connectivity index is 0.00000208. The summed E-state index contributed by atoms with van der Waals surface area (Å²) in [5.74, 6) is 0.232. The van der Waals surface area contributed by atoms with Crippen LogP contribution in [-0.4, -0.2) is 32.3 Å². The molecule has 0 aromatic heterocycles. The Bertz CT molecular complexity index is 663. The molecule has 0 amide bonds. The average Bonchev–Trinajstić information content (AvgIpc) is 2.62. The van der Waals surface area contributed by atoms with Crippen LogP contribution < -0.4 is 9.64 Å². The summed E-state index contributed by atoms with van der Waals surface area (Å²) in [6, 6.07) is 17.4. The van der Waals surface area contributed by atoms with E-state index in [4.69, 9.17) is 9.47 Å². The monoisotopic (exact) mass is 347 g/mol. The SMILES string of the molecule is COc1ccccc1C(=O)OC1CCCN(c2ccccc2)C1.Cl. The Kier molecular flexibility index (Phi) is 6.50. The number of para-hydroxylation sites is 2. The standard InChI is InChI=1S/C19H21NO3.ClH/c1-22-18-12-6-5-11-17(18)19(21)23-16-10-7-13-20(14-16)15-8-3-2-4-9-15;/h2-6,8-9,11-12,16H,7,10,13-14H2,1H3;1H. The maximum absolute atomic E-state index is 12.4. The van der Waals surface area contributed by atoms with Gasteiger partial charge < -0.3 is 14.4 Å². The number of esters is 1. The van der Waals surface area contributed by atoms with Gasteiger partial charge in [-0.05, 0) is 37.1 Å². The van der Waals surface area contributed by atoms with Gasteiger partial charge in [0.05, 0.1) is 13.7 Å². The average molecular weight is 348 g/mol. The van der Waals surface area contributed by atoms with E-state index in [2.05, 4.69) is 17.0 Å². The van der Waals surface area contributed by atoms with Gasteiger partial charge in [-0.15, -0.1) is 12.4 Å². The molecule has 1 saturated heterocycles. The lowest BCUT2D eigenvalue weighted by Crippen LogP contribution is -2.40. The molecule has 0 aliphatic carbocycles. The number of carbonyl (C=O) groups excluding carboxylic acids is 1. The summed E-state index contributed by atoms with van der Waals surface area (Å²) in [6.07, 6.45) is 1.81. The van der Waals surface area contributed by atoms with E-state index in [9.17, 15) is 4.79 Å². The molecule has 2 aromatic rings. The number of anilines is 1. The topological polar surface area (TPSA) is 38.8 Å². The fourth-order valence-electron chi connectivity index (χ4n) is 2.94. The number of benzene rings is 2. The minimum atomic E-state index is -0.317. The summed E-state index contributed by atoms with van der Waals surface area (Å²) in [4.78, 5) is 14.7. The van der Waals surface area contributed by atoms with Crippen LogP contribution >= 0.6 is 12.4 Å². The molecule has 1 fully saturated rings. The van der Waals surface area contributed by atoms with Crippen LogP contribution in [0.15, 0.2) is 54.6 Å². The highest BCUT2D eigenvalue weighted by Gasteiger charge is 2.24. The number of hydrogen-bond donors (Lipinski definition) is 0. The summed E-state index contributed by atoms with van der Waals surface area (Å²) in [5, 5.41) is 0. The van der Waals surface area contributed by atoms with E-state index < -0.39 is 0 Å². The van der Waals surface area contributed by atoms with Gasteiger partial charge in [-0.2, -0.15) is 0 Å². The minimum Gasteiger partial charge on any atom is -0.496 e. The third-order valence-electron chi connectivity index (χ3n) is 4.10. The van der Waals surface area contributed by atoms with Crippen molar-refractivity contribution in [3.05, 3.63) is 60.2 Å². The Morgan fingerprint density at radius 3 is 2.54 bits per heavy atom. The van der Waals surface area contributed by atoms with Gasteiger partial charge in [0.15, 0.2) is 0 Å². The zero-order valence-corrected chi connectivity index (χ0v) is 14.5. The second-order valence-electron chi connectivity index (χ2n) is 5.65. The number of rotatable bonds is 4. The van der Waals surface area contributed by atoms with Crippen LogP contribution in [0.25, 0.3) is 0 Å². The van der Waals surface area contributed by atoms with E-state index in [1.165, 1.54) is 5.69 Å². The lowest BCUT2D eigenvalue weighted by atomic mass is 10.1. The summed E-state index contributed by atoms with van der Waals surface area (Å²) in [6.45, 7) is 1.72. The fraction of sp³-hybridized carbons (Fsp3) is 0.316. The molecular weight excluding hydrogens is 326 g/mol. The van der Waals surface area contributed by atoms with Gasteiger partial charge in [-0.1, -0.05) is 30.3 Å². The lowest BCUT2D eigenvalue weighted by molar-refractivity contribution is 0.0266. The highest BCUT2D eigenvalue weighted by atomic mass is 35.5. The number of methoxy groups -OCH3 is 1. The molecule has 1 aliphatic rings. The van der Waals surface area contributed by atoms with Crippen molar-refractivity contribution < 1.29 is 14.3 Å². The Labute approximate surface area is 148 Å².